The average molecular weight is 247 g/mol. The van der Waals surface area contributed by atoms with Crippen LogP contribution in [0.4, 0.5) is 0 Å². The Morgan fingerprint density at radius 3 is 3.07 bits per heavy atom. The maximum Gasteiger partial charge on any atom is 0.0931 e. The van der Waals surface area contributed by atoms with Crippen LogP contribution in [0.1, 0.15) is 30.2 Å². The van der Waals surface area contributed by atoms with Gasteiger partial charge in [0.05, 0.1) is 16.5 Å². The molecular formula is C10H15ClN2OS. The van der Waals surface area contributed by atoms with Crippen molar-refractivity contribution in [1.29, 1.82) is 0 Å². The van der Waals surface area contributed by atoms with Gasteiger partial charge in [-0.2, -0.15) is 0 Å². The normalized spacial score (nSPS) is 23.2. The van der Waals surface area contributed by atoms with E-state index in [0.29, 0.717) is 6.10 Å². The van der Waals surface area contributed by atoms with Crippen LogP contribution in [-0.2, 0) is 4.74 Å². The largest absolute Gasteiger partial charge is 0.378 e. The topological polar surface area (TPSA) is 47.3 Å². The Kier molecular flexibility index (Phi) is 3.99. The van der Waals surface area contributed by atoms with Crippen LogP contribution >= 0.6 is 22.9 Å². The number of ether oxygens (including phenoxy) is 1. The Hall–Kier alpha value is -0.130. The van der Waals surface area contributed by atoms with E-state index in [2.05, 4.69) is 5.43 Å². The number of halogens is 1. The van der Waals surface area contributed by atoms with Gasteiger partial charge in [0.15, 0.2) is 0 Å². The predicted molar refractivity (Wildman–Crippen MR) is 63.0 cm³/mol. The van der Waals surface area contributed by atoms with Crippen LogP contribution in [0.2, 0.25) is 4.34 Å². The molecule has 3 N–H and O–H groups in total. The number of rotatable bonds is 4. The Bertz CT molecular complexity index is 312. The lowest BCUT2D eigenvalue weighted by Gasteiger charge is -2.18. The molecule has 5 heteroatoms. The maximum atomic E-state index is 5.90. The zero-order valence-corrected chi connectivity index (χ0v) is 9.98. The smallest absolute Gasteiger partial charge is 0.0931 e. The molecule has 2 atom stereocenters. The standard InChI is InChI=1S/C10H15ClN2OS/c11-10-4-3-9(15-10)8(13-12)6-7-2-1-5-14-7/h3-4,7-8,13H,1-2,5-6,12H2. The zero-order chi connectivity index (χ0) is 10.7. The zero-order valence-electron chi connectivity index (χ0n) is 8.41. The Morgan fingerprint density at radius 1 is 1.67 bits per heavy atom. The lowest BCUT2D eigenvalue weighted by Crippen LogP contribution is -2.30. The van der Waals surface area contributed by atoms with E-state index in [1.807, 2.05) is 12.1 Å². The molecule has 1 aromatic rings. The molecule has 2 rings (SSSR count). The molecule has 3 nitrogen and oxygen atoms in total. The summed E-state index contributed by atoms with van der Waals surface area (Å²) in [6.45, 7) is 0.882. The van der Waals surface area contributed by atoms with Crippen molar-refractivity contribution in [2.24, 2.45) is 5.84 Å². The van der Waals surface area contributed by atoms with Crippen LogP contribution in [0.5, 0.6) is 0 Å². The summed E-state index contributed by atoms with van der Waals surface area (Å²) in [6.07, 6.45) is 3.56. The second-order valence-corrected chi connectivity index (χ2v) is 5.48. The van der Waals surface area contributed by atoms with E-state index in [1.165, 1.54) is 4.88 Å². The van der Waals surface area contributed by atoms with Gasteiger partial charge >= 0.3 is 0 Å². The number of nitrogens with one attached hydrogen (secondary N) is 1. The lowest BCUT2D eigenvalue weighted by molar-refractivity contribution is 0.0949. The van der Waals surface area contributed by atoms with Gasteiger partial charge < -0.3 is 4.74 Å². The molecule has 1 saturated heterocycles. The molecule has 1 fully saturated rings. The predicted octanol–water partition coefficient (Wildman–Crippen LogP) is 2.48. The molecule has 0 saturated carbocycles. The molecule has 0 aromatic carbocycles. The van der Waals surface area contributed by atoms with Gasteiger partial charge in [-0.05, 0) is 31.4 Å². The van der Waals surface area contributed by atoms with Crippen LogP contribution in [0.15, 0.2) is 12.1 Å². The molecular weight excluding hydrogens is 232 g/mol. The van der Waals surface area contributed by atoms with E-state index < -0.39 is 0 Å². The Labute approximate surface area is 98.5 Å². The summed E-state index contributed by atoms with van der Waals surface area (Å²) in [6, 6.07) is 4.08. The lowest BCUT2D eigenvalue weighted by atomic mass is 10.1. The highest BCUT2D eigenvalue weighted by Crippen LogP contribution is 2.31. The molecule has 84 valence electrons. The minimum absolute atomic E-state index is 0.158. The summed E-state index contributed by atoms with van der Waals surface area (Å²) in [5, 5.41) is 0. The van der Waals surface area contributed by atoms with Gasteiger partial charge in [0.2, 0.25) is 0 Å². The molecule has 0 aliphatic carbocycles. The van der Waals surface area contributed by atoms with Crippen LogP contribution in [-0.4, -0.2) is 12.7 Å². The minimum atomic E-state index is 0.158. The first-order chi connectivity index (χ1) is 7.29. The highest BCUT2D eigenvalue weighted by molar-refractivity contribution is 7.16. The molecule has 15 heavy (non-hydrogen) atoms. The fraction of sp³-hybridized carbons (Fsp3) is 0.600. The van der Waals surface area contributed by atoms with E-state index in [0.717, 1.165) is 30.2 Å². The summed E-state index contributed by atoms with van der Waals surface area (Å²) in [5.74, 6) is 5.55. The van der Waals surface area contributed by atoms with Crippen molar-refractivity contribution in [3.8, 4) is 0 Å². The van der Waals surface area contributed by atoms with Gasteiger partial charge in [0.1, 0.15) is 0 Å². The Balaban J connectivity index is 1.97. The molecule has 1 aromatic heterocycles. The first-order valence-electron chi connectivity index (χ1n) is 5.12. The number of hydrazine groups is 1. The molecule has 0 spiro atoms. The van der Waals surface area contributed by atoms with E-state index in [1.54, 1.807) is 11.3 Å². The minimum Gasteiger partial charge on any atom is -0.378 e. The van der Waals surface area contributed by atoms with Gasteiger partial charge in [-0.3, -0.25) is 11.3 Å². The van der Waals surface area contributed by atoms with Crippen LogP contribution in [0.3, 0.4) is 0 Å². The molecule has 0 radical (unpaired) electrons. The van der Waals surface area contributed by atoms with Crippen molar-refractivity contribution in [3.63, 3.8) is 0 Å². The van der Waals surface area contributed by atoms with Crippen molar-refractivity contribution in [3.05, 3.63) is 21.3 Å². The summed E-state index contributed by atoms with van der Waals surface area (Å²) in [5.41, 5.74) is 2.83. The van der Waals surface area contributed by atoms with E-state index >= 15 is 0 Å². The molecule has 0 amide bonds. The van der Waals surface area contributed by atoms with Crippen LogP contribution in [0.25, 0.3) is 0 Å². The van der Waals surface area contributed by atoms with Gasteiger partial charge in [0.25, 0.3) is 0 Å². The third-order valence-electron chi connectivity index (χ3n) is 2.66. The highest BCUT2D eigenvalue weighted by atomic mass is 35.5. The summed E-state index contributed by atoms with van der Waals surface area (Å²) in [7, 11) is 0. The summed E-state index contributed by atoms with van der Waals surface area (Å²) >= 11 is 7.47. The van der Waals surface area contributed by atoms with Crippen molar-refractivity contribution in [2.75, 3.05) is 6.61 Å². The van der Waals surface area contributed by atoms with Crippen molar-refractivity contribution in [1.82, 2.24) is 5.43 Å². The molecule has 0 bridgehead atoms. The van der Waals surface area contributed by atoms with E-state index in [-0.39, 0.29) is 6.04 Å². The van der Waals surface area contributed by atoms with Gasteiger partial charge in [0, 0.05) is 11.5 Å². The second-order valence-electron chi connectivity index (χ2n) is 3.73. The number of thiophene rings is 1. The van der Waals surface area contributed by atoms with Gasteiger partial charge in [-0.1, -0.05) is 11.6 Å². The van der Waals surface area contributed by atoms with Crippen molar-refractivity contribution < 1.29 is 4.74 Å². The van der Waals surface area contributed by atoms with E-state index in [4.69, 9.17) is 22.2 Å². The molecule has 1 aliphatic heterocycles. The summed E-state index contributed by atoms with van der Waals surface area (Å²) in [4.78, 5) is 1.18. The molecule has 2 unspecified atom stereocenters. The van der Waals surface area contributed by atoms with Gasteiger partial charge in [-0.25, -0.2) is 0 Å². The van der Waals surface area contributed by atoms with Crippen molar-refractivity contribution in [2.45, 2.75) is 31.4 Å². The maximum absolute atomic E-state index is 5.90. The Morgan fingerprint density at radius 2 is 2.53 bits per heavy atom. The molecule has 1 aliphatic rings. The average Bonchev–Trinajstić information content (AvgIpc) is 2.85. The first-order valence-corrected chi connectivity index (χ1v) is 6.32. The first kappa shape index (κ1) is 11.4. The summed E-state index contributed by atoms with van der Waals surface area (Å²) < 4.78 is 6.39. The van der Waals surface area contributed by atoms with E-state index in [9.17, 15) is 0 Å². The number of nitrogens with two attached hydrogens (primary N) is 1. The monoisotopic (exact) mass is 246 g/mol. The highest BCUT2D eigenvalue weighted by Gasteiger charge is 2.22. The second kappa shape index (κ2) is 5.27. The fourth-order valence-electron chi connectivity index (χ4n) is 1.88. The van der Waals surface area contributed by atoms with Crippen LogP contribution in [0, 0.1) is 0 Å². The fourth-order valence-corrected chi connectivity index (χ4v) is 3.01. The van der Waals surface area contributed by atoms with Gasteiger partial charge in [-0.15, -0.1) is 11.3 Å². The van der Waals surface area contributed by atoms with Crippen molar-refractivity contribution >= 4 is 22.9 Å². The number of hydrogen-bond acceptors (Lipinski definition) is 4. The third-order valence-corrected chi connectivity index (χ3v) is 4.01. The molecule has 2 heterocycles. The quantitative estimate of drug-likeness (QED) is 0.634. The number of hydrogen-bond donors (Lipinski definition) is 2. The van der Waals surface area contributed by atoms with Crippen LogP contribution < -0.4 is 11.3 Å². The SMILES string of the molecule is NNC(CC1CCCO1)c1ccc(Cl)s1. The third kappa shape index (κ3) is 2.92.